The van der Waals surface area contributed by atoms with Gasteiger partial charge in [0.2, 0.25) is 5.88 Å². The molecule has 6 heteroatoms. The van der Waals surface area contributed by atoms with E-state index in [1.165, 1.54) is 6.33 Å². The monoisotopic (exact) mass is 321 g/mol. The molecule has 2 heterocycles. The zero-order valence-electron chi connectivity index (χ0n) is 8.12. The van der Waals surface area contributed by atoms with E-state index >= 15 is 0 Å². The van der Waals surface area contributed by atoms with Crippen molar-refractivity contribution in [3.05, 3.63) is 20.3 Å². The van der Waals surface area contributed by atoms with Gasteiger partial charge in [-0.3, -0.25) is 4.79 Å². The Bertz CT molecular complexity index is 387. The van der Waals surface area contributed by atoms with Gasteiger partial charge in [-0.2, -0.15) is 0 Å². The molecule has 1 aliphatic rings. The SMILES string of the molecule is O=c1[nH]cnc(OC2CCCNC2)c1I. The number of H-pyrrole nitrogens is 1. The molecule has 0 aromatic carbocycles. The molecule has 1 saturated heterocycles. The highest BCUT2D eigenvalue weighted by Gasteiger charge is 2.17. The van der Waals surface area contributed by atoms with Crippen molar-refractivity contribution in [2.45, 2.75) is 18.9 Å². The summed E-state index contributed by atoms with van der Waals surface area (Å²) in [5.74, 6) is 0.438. The van der Waals surface area contributed by atoms with Gasteiger partial charge in [0.15, 0.2) is 0 Å². The van der Waals surface area contributed by atoms with Crippen molar-refractivity contribution in [3.63, 3.8) is 0 Å². The molecule has 1 fully saturated rings. The van der Waals surface area contributed by atoms with E-state index in [1.54, 1.807) is 0 Å². The zero-order chi connectivity index (χ0) is 10.7. The molecule has 2 N–H and O–H groups in total. The lowest BCUT2D eigenvalue weighted by molar-refractivity contribution is 0.158. The van der Waals surface area contributed by atoms with E-state index in [0.717, 1.165) is 25.9 Å². The van der Waals surface area contributed by atoms with Crippen LogP contribution in [0.5, 0.6) is 5.88 Å². The van der Waals surface area contributed by atoms with Crippen molar-refractivity contribution in [2.24, 2.45) is 0 Å². The molecule has 2 rings (SSSR count). The summed E-state index contributed by atoms with van der Waals surface area (Å²) in [7, 11) is 0. The summed E-state index contributed by atoms with van der Waals surface area (Å²) >= 11 is 1.95. The van der Waals surface area contributed by atoms with Gasteiger partial charge in [0.05, 0.1) is 6.33 Å². The molecule has 1 aromatic heterocycles. The van der Waals surface area contributed by atoms with Gasteiger partial charge in [-0.1, -0.05) is 0 Å². The summed E-state index contributed by atoms with van der Waals surface area (Å²) in [5.41, 5.74) is -0.149. The highest BCUT2D eigenvalue weighted by molar-refractivity contribution is 14.1. The van der Waals surface area contributed by atoms with Gasteiger partial charge >= 0.3 is 0 Å². The molecular weight excluding hydrogens is 309 g/mol. The Balaban J connectivity index is 2.09. The predicted octanol–water partition coefficient (Wildman–Crippen LogP) is 0.505. The number of nitrogens with one attached hydrogen (secondary N) is 2. The fourth-order valence-corrected chi connectivity index (χ4v) is 1.95. The number of hydrogen-bond acceptors (Lipinski definition) is 4. The van der Waals surface area contributed by atoms with Crippen LogP contribution >= 0.6 is 22.6 Å². The summed E-state index contributed by atoms with van der Waals surface area (Å²) < 4.78 is 6.18. The molecule has 0 bridgehead atoms. The summed E-state index contributed by atoms with van der Waals surface area (Å²) in [5, 5.41) is 3.25. The molecule has 1 aliphatic heterocycles. The molecule has 0 amide bonds. The highest BCUT2D eigenvalue weighted by Crippen LogP contribution is 2.16. The second kappa shape index (κ2) is 4.93. The van der Waals surface area contributed by atoms with Crippen LogP contribution in [0.2, 0.25) is 0 Å². The number of ether oxygens (including phenoxy) is 1. The Kier molecular flexibility index (Phi) is 3.57. The number of halogens is 1. The molecule has 0 aliphatic carbocycles. The lowest BCUT2D eigenvalue weighted by Gasteiger charge is -2.23. The van der Waals surface area contributed by atoms with Crippen molar-refractivity contribution in [1.29, 1.82) is 0 Å². The quantitative estimate of drug-likeness (QED) is 0.779. The maximum Gasteiger partial charge on any atom is 0.268 e. The van der Waals surface area contributed by atoms with Crippen LogP contribution in [-0.4, -0.2) is 29.2 Å². The third kappa shape index (κ3) is 2.69. The van der Waals surface area contributed by atoms with Crippen LogP contribution in [0.25, 0.3) is 0 Å². The lowest BCUT2D eigenvalue weighted by Crippen LogP contribution is -2.37. The van der Waals surface area contributed by atoms with Crippen molar-refractivity contribution >= 4 is 22.6 Å². The fraction of sp³-hybridized carbons (Fsp3) is 0.556. The topological polar surface area (TPSA) is 67.0 Å². The minimum absolute atomic E-state index is 0.126. The van der Waals surface area contributed by atoms with Crippen LogP contribution < -0.4 is 15.6 Å². The van der Waals surface area contributed by atoms with Crippen LogP contribution in [-0.2, 0) is 0 Å². The molecule has 82 valence electrons. The average molecular weight is 321 g/mol. The molecular formula is C9H12IN3O2. The summed E-state index contributed by atoms with van der Waals surface area (Å²) in [6.07, 6.45) is 3.61. The molecule has 1 aromatic rings. The molecule has 15 heavy (non-hydrogen) atoms. The highest BCUT2D eigenvalue weighted by atomic mass is 127. The van der Waals surface area contributed by atoms with E-state index in [2.05, 4.69) is 15.3 Å². The maximum atomic E-state index is 11.3. The van der Waals surface area contributed by atoms with Crippen molar-refractivity contribution in [2.75, 3.05) is 13.1 Å². The number of nitrogens with zero attached hydrogens (tertiary/aromatic N) is 1. The second-order valence-electron chi connectivity index (χ2n) is 3.44. The van der Waals surface area contributed by atoms with Gasteiger partial charge in [0, 0.05) is 6.54 Å². The van der Waals surface area contributed by atoms with Crippen LogP contribution in [0.4, 0.5) is 0 Å². The lowest BCUT2D eigenvalue weighted by atomic mass is 10.1. The Morgan fingerprint density at radius 3 is 3.20 bits per heavy atom. The average Bonchev–Trinajstić information content (AvgIpc) is 2.26. The maximum absolute atomic E-state index is 11.3. The number of hydrogen-bond donors (Lipinski definition) is 2. The normalized spacial score (nSPS) is 21.3. The smallest absolute Gasteiger partial charge is 0.268 e. The number of aromatic amines is 1. The van der Waals surface area contributed by atoms with Crippen molar-refractivity contribution in [1.82, 2.24) is 15.3 Å². The third-order valence-electron chi connectivity index (χ3n) is 2.29. The first-order valence-corrected chi connectivity index (χ1v) is 5.96. The minimum atomic E-state index is -0.149. The molecule has 1 atom stereocenters. The third-order valence-corrected chi connectivity index (χ3v) is 3.25. The molecule has 0 radical (unpaired) electrons. The van der Waals surface area contributed by atoms with E-state index in [9.17, 15) is 4.79 Å². The fourth-order valence-electron chi connectivity index (χ4n) is 1.53. The van der Waals surface area contributed by atoms with Gasteiger partial charge in [-0.25, -0.2) is 4.98 Å². The van der Waals surface area contributed by atoms with Gasteiger partial charge in [-0.05, 0) is 42.0 Å². The largest absolute Gasteiger partial charge is 0.472 e. The van der Waals surface area contributed by atoms with Gasteiger partial charge in [0.25, 0.3) is 5.56 Å². The first-order chi connectivity index (χ1) is 7.27. The first-order valence-electron chi connectivity index (χ1n) is 4.88. The number of rotatable bonds is 2. The number of piperidine rings is 1. The van der Waals surface area contributed by atoms with E-state index in [4.69, 9.17) is 4.74 Å². The second-order valence-corrected chi connectivity index (χ2v) is 4.52. The van der Waals surface area contributed by atoms with E-state index < -0.39 is 0 Å². The van der Waals surface area contributed by atoms with Crippen molar-refractivity contribution in [3.8, 4) is 5.88 Å². The Morgan fingerprint density at radius 1 is 1.60 bits per heavy atom. The minimum Gasteiger partial charge on any atom is -0.472 e. The number of aromatic nitrogens is 2. The van der Waals surface area contributed by atoms with Crippen molar-refractivity contribution < 1.29 is 4.74 Å². The first kappa shape index (κ1) is 10.9. The van der Waals surface area contributed by atoms with Gasteiger partial charge in [0.1, 0.15) is 9.67 Å². The Hall–Kier alpha value is -0.630. The van der Waals surface area contributed by atoms with Crippen LogP contribution in [0.1, 0.15) is 12.8 Å². The summed E-state index contributed by atoms with van der Waals surface area (Å²) in [6.45, 7) is 1.87. The van der Waals surface area contributed by atoms with E-state index in [-0.39, 0.29) is 11.7 Å². The molecule has 0 spiro atoms. The summed E-state index contributed by atoms with van der Waals surface area (Å²) in [4.78, 5) is 17.8. The summed E-state index contributed by atoms with van der Waals surface area (Å²) in [6, 6.07) is 0. The van der Waals surface area contributed by atoms with E-state index in [1.807, 2.05) is 22.6 Å². The van der Waals surface area contributed by atoms with Crippen LogP contribution in [0.3, 0.4) is 0 Å². The predicted molar refractivity (Wildman–Crippen MR) is 64.1 cm³/mol. The van der Waals surface area contributed by atoms with Gasteiger partial charge in [-0.15, -0.1) is 0 Å². The van der Waals surface area contributed by atoms with Crippen LogP contribution in [0.15, 0.2) is 11.1 Å². The standard InChI is InChI=1S/C9H12IN3O2/c10-7-8(14)12-5-13-9(7)15-6-2-1-3-11-4-6/h5-6,11H,1-4H2,(H,12,13,14). The zero-order valence-corrected chi connectivity index (χ0v) is 10.3. The van der Waals surface area contributed by atoms with Crippen LogP contribution in [0, 0.1) is 3.57 Å². The Morgan fingerprint density at radius 2 is 2.47 bits per heavy atom. The molecule has 1 unspecified atom stereocenters. The Labute approximate surface area is 101 Å². The van der Waals surface area contributed by atoms with Gasteiger partial charge < -0.3 is 15.0 Å². The van der Waals surface area contributed by atoms with E-state index in [0.29, 0.717) is 9.45 Å². The molecule has 5 nitrogen and oxygen atoms in total. The molecule has 0 saturated carbocycles.